The van der Waals surface area contributed by atoms with Gasteiger partial charge in [-0.25, -0.2) is 4.39 Å². The number of halogens is 1. The third kappa shape index (κ3) is 5.26. The van der Waals surface area contributed by atoms with Crippen LogP contribution < -0.4 is 5.32 Å². The number of fused-ring (bicyclic) bond motifs is 1. The summed E-state index contributed by atoms with van der Waals surface area (Å²) in [7, 11) is 0. The zero-order valence-electron chi connectivity index (χ0n) is 20.1. The van der Waals surface area contributed by atoms with E-state index in [0.29, 0.717) is 22.2 Å². The summed E-state index contributed by atoms with van der Waals surface area (Å²) in [4.78, 5) is 32.9. The predicted octanol–water partition coefficient (Wildman–Crippen LogP) is 6.37. The van der Waals surface area contributed by atoms with Gasteiger partial charge in [0.1, 0.15) is 17.1 Å². The molecule has 0 aliphatic carbocycles. The molecule has 5 rings (SSSR count). The van der Waals surface area contributed by atoms with Crippen LogP contribution in [0.1, 0.15) is 37.6 Å². The van der Waals surface area contributed by atoms with Crippen LogP contribution in [0.15, 0.2) is 102 Å². The number of amides is 2. The van der Waals surface area contributed by atoms with Gasteiger partial charge in [-0.05, 0) is 60.0 Å². The number of benzene rings is 3. The maximum Gasteiger partial charge on any atom is 0.292 e. The standard InChI is InChI=1S/C30H24FN3O3/c1-20-7-2-3-9-24(20)29(35)33-27-25-10-4-5-11-26(25)37-28(27)30(36)34(19-22-8-6-16-32-17-22)18-21-12-14-23(31)15-13-21/h2-17H,18-19H2,1H3,(H,33,35). The van der Waals surface area contributed by atoms with Crippen molar-refractivity contribution in [1.82, 2.24) is 9.88 Å². The van der Waals surface area contributed by atoms with E-state index < -0.39 is 5.91 Å². The highest BCUT2D eigenvalue weighted by Gasteiger charge is 2.27. The van der Waals surface area contributed by atoms with Crippen molar-refractivity contribution in [3.63, 3.8) is 0 Å². The second-order valence-corrected chi connectivity index (χ2v) is 8.72. The van der Waals surface area contributed by atoms with Crippen LogP contribution in [0.5, 0.6) is 0 Å². The van der Waals surface area contributed by atoms with Crippen LogP contribution >= 0.6 is 0 Å². The van der Waals surface area contributed by atoms with Crippen LogP contribution in [0.25, 0.3) is 11.0 Å². The summed E-state index contributed by atoms with van der Waals surface area (Å²) in [6.07, 6.45) is 3.35. The zero-order valence-corrected chi connectivity index (χ0v) is 20.1. The Morgan fingerprint density at radius 2 is 1.62 bits per heavy atom. The number of aromatic nitrogens is 1. The lowest BCUT2D eigenvalue weighted by atomic mass is 10.1. The molecule has 0 aliphatic heterocycles. The number of rotatable bonds is 7. The molecule has 2 amide bonds. The molecule has 6 nitrogen and oxygen atoms in total. The van der Waals surface area contributed by atoms with Crippen LogP contribution in [0.2, 0.25) is 0 Å². The molecule has 2 heterocycles. The molecule has 184 valence electrons. The van der Waals surface area contributed by atoms with Gasteiger partial charge in [-0.2, -0.15) is 0 Å². The number of hydrogen-bond donors (Lipinski definition) is 1. The predicted molar refractivity (Wildman–Crippen MR) is 140 cm³/mol. The van der Waals surface area contributed by atoms with Crippen molar-refractivity contribution < 1.29 is 18.4 Å². The number of furan rings is 1. The van der Waals surface area contributed by atoms with Crippen molar-refractivity contribution in [3.05, 3.63) is 131 Å². The second kappa shape index (κ2) is 10.5. The van der Waals surface area contributed by atoms with Crippen molar-refractivity contribution >= 4 is 28.5 Å². The monoisotopic (exact) mass is 493 g/mol. The summed E-state index contributed by atoms with van der Waals surface area (Å²) in [5, 5.41) is 3.54. The van der Waals surface area contributed by atoms with Crippen LogP contribution in [0.4, 0.5) is 10.1 Å². The van der Waals surface area contributed by atoms with Crippen LogP contribution in [0, 0.1) is 12.7 Å². The maximum absolute atomic E-state index is 14.0. The van der Waals surface area contributed by atoms with E-state index in [9.17, 15) is 14.0 Å². The van der Waals surface area contributed by atoms with Crippen molar-refractivity contribution in [2.24, 2.45) is 0 Å². The van der Waals surface area contributed by atoms with E-state index in [4.69, 9.17) is 4.42 Å². The molecule has 0 radical (unpaired) electrons. The Hall–Kier alpha value is -4.78. The number of nitrogens with zero attached hydrogens (tertiary/aromatic N) is 2. The molecule has 0 saturated carbocycles. The van der Waals surface area contributed by atoms with E-state index in [-0.39, 0.29) is 30.6 Å². The highest BCUT2D eigenvalue weighted by atomic mass is 19.1. The number of nitrogens with one attached hydrogen (secondary N) is 1. The Morgan fingerprint density at radius 1 is 0.892 bits per heavy atom. The van der Waals surface area contributed by atoms with Crippen molar-refractivity contribution in [1.29, 1.82) is 0 Å². The molecule has 0 unspecified atom stereocenters. The molecule has 0 saturated heterocycles. The van der Waals surface area contributed by atoms with Gasteiger partial charge >= 0.3 is 0 Å². The first-order chi connectivity index (χ1) is 18.0. The first kappa shape index (κ1) is 23.9. The van der Waals surface area contributed by atoms with Gasteiger partial charge in [0.25, 0.3) is 11.8 Å². The van der Waals surface area contributed by atoms with Gasteiger partial charge < -0.3 is 14.6 Å². The molecule has 5 aromatic rings. The summed E-state index contributed by atoms with van der Waals surface area (Å²) in [5.74, 6) is -1.08. The van der Waals surface area contributed by atoms with Gasteiger partial charge in [0.05, 0.1) is 0 Å². The van der Waals surface area contributed by atoms with Gasteiger partial charge in [-0.3, -0.25) is 14.6 Å². The number of hydrogen-bond acceptors (Lipinski definition) is 4. The average molecular weight is 494 g/mol. The fraction of sp³-hybridized carbons (Fsp3) is 0.100. The summed E-state index contributed by atoms with van der Waals surface area (Å²) in [5.41, 5.74) is 3.68. The zero-order chi connectivity index (χ0) is 25.8. The number of para-hydroxylation sites is 1. The molecule has 2 aromatic heterocycles. The number of anilines is 1. The van der Waals surface area contributed by atoms with E-state index >= 15 is 0 Å². The lowest BCUT2D eigenvalue weighted by Crippen LogP contribution is -2.30. The molecule has 0 aliphatic rings. The van der Waals surface area contributed by atoms with E-state index in [0.717, 1.165) is 16.7 Å². The minimum Gasteiger partial charge on any atom is -0.449 e. The van der Waals surface area contributed by atoms with E-state index in [1.54, 1.807) is 65.8 Å². The van der Waals surface area contributed by atoms with E-state index in [2.05, 4.69) is 10.3 Å². The van der Waals surface area contributed by atoms with Crippen molar-refractivity contribution in [2.75, 3.05) is 5.32 Å². The third-order valence-corrected chi connectivity index (χ3v) is 6.09. The quantitative estimate of drug-likeness (QED) is 0.286. The molecular formula is C30H24FN3O3. The molecule has 37 heavy (non-hydrogen) atoms. The molecule has 0 atom stereocenters. The smallest absolute Gasteiger partial charge is 0.292 e. The molecule has 3 aromatic carbocycles. The van der Waals surface area contributed by atoms with Crippen molar-refractivity contribution in [2.45, 2.75) is 20.0 Å². The topological polar surface area (TPSA) is 75.4 Å². The fourth-order valence-electron chi connectivity index (χ4n) is 4.19. The highest BCUT2D eigenvalue weighted by Crippen LogP contribution is 2.33. The van der Waals surface area contributed by atoms with Gasteiger partial charge in [-0.1, -0.05) is 48.5 Å². The van der Waals surface area contributed by atoms with Crippen molar-refractivity contribution in [3.8, 4) is 0 Å². The summed E-state index contributed by atoms with van der Waals surface area (Å²) < 4.78 is 19.5. The molecule has 0 fully saturated rings. The largest absolute Gasteiger partial charge is 0.449 e. The van der Waals surface area contributed by atoms with E-state index in [1.165, 1.54) is 12.1 Å². The lowest BCUT2D eigenvalue weighted by Gasteiger charge is -2.22. The summed E-state index contributed by atoms with van der Waals surface area (Å²) >= 11 is 0. The highest BCUT2D eigenvalue weighted by molar-refractivity contribution is 6.14. The Kier molecular flexibility index (Phi) is 6.76. The lowest BCUT2D eigenvalue weighted by molar-refractivity contribution is 0.0701. The number of carbonyl (C=O) groups is 2. The number of pyridine rings is 1. The second-order valence-electron chi connectivity index (χ2n) is 8.72. The molecular weight excluding hydrogens is 469 g/mol. The minimum atomic E-state index is -0.413. The van der Waals surface area contributed by atoms with Gasteiger partial charge in [0, 0.05) is 36.4 Å². The Bertz CT molecular complexity index is 1560. The summed E-state index contributed by atoms with van der Waals surface area (Å²) in [6.45, 7) is 2.30. The Labute approximate surface area is 213 Å². The number of aryl methyl sites for hydroxylation is 1. The first-order valence-electron chi connectivity index (χ1n) is 11.8. The Balaban J connectivity index is 1.54. The summed E-state index contributed by atoms with van der Waals surface area (Å²) in [6, 6.07) is 24.1. The molecule has 0 bridgehead atoms. The Morgan fingerprint density at radius 3 is 2.38 bits per heavy atom. The minimum absolute atomic E-state index is 0.0223. The van der Waals surface area contributed by atoms with E-state index in [1.807, 2.05) is 31.2 Å². The van der Waals surface area contributed by atoms with Gasteiger partial charge in [-0.15, -0.1) is 0 Å². The third-order valence-electron chi connectivity index (χ3n) is 6.09. The van der Waals surface area contributed by atoms with Gasteiger partial charge in [0.2, 0.25) is 5.76 Å². The maximum atomic E-state index is 14.0. The molecule has 1 N–H and O–H groups in total. The SMILES string of the molecule is Cc1ccccc1C(=O)Nc1c(C(=O)N(Cc2ccc(F)cc2)Cc2cccnc2)oc2ccccc12. The van der Waals surface area contributed by atoms with Gasteiger partial charge in [0.15, 0.2) is 0 Å². The molecule has 0 spiro atoms. The normalized spacial score (nSPS) is 10.9. The first-order valence-corrected chi connectivity index (χ1v) is 11.8. The van der Waals surface area contributed by atoms with Crippen LogP contribution in [0.3, 0.4) is 0 Å². The molecule has 7 heteroatoms. The van der Waals surface area contributed by atoms with Crippen LogP contribution in [-0.2, 0) is 13.1 Å². The number of carbonyl (C=O) groups excluding carboxylic acids is 2. The van der Waals surface area contributed by atoms with Crippen LogP contribution in [-0.4, -0.2) is 21.7 Å². The fourth-order valence-corrected chi connectivity index (χ4v) is 4.19. The average Bonchev–Trinajstić information content (AvgIpc) is 3.28.